The molecule has 1 aromatic carbocycles. The molecule has 0 aliphatic carbocycles. The second-order valence-electron chi connectivity index (χ2n) is 2.64. The predicted octanol–water partition coefficient (Wildman–Crippen LogP) is 1.05. The van der Waals surface area contributed by atoms with E-state index in [9.17, 15) is 4.79 Å². The zero-order valence-corrected chi connectivity index (χ0v) is 8.47. The summed E-state index contributed by atoms with van der Waals surface area (Å²) in [5, 5.41) is 2.95. The lowest BCUT2D eigenvalue weighted by Gasteiger charge is -2.07. The number of ether oxygens (including phenoxy) is 1. The fraction of sp³-hybridized carbons (Fsp3) is 0.222. The van der Waals surface area contributed by atoms with Gasteiger partial charge in [0.05, 0.1) is 5.69 Å². The molecule has 0 fully saturated rings. The molecule has 0 bridgehead atoms. The first-order chi connectivity index (χ1) is 6.63. The minimum atomic E-state index is -0.218. The van der Waals surface area contributed by atoms with Crippen LogP contribution in [-0.2, 0) is 4.79 Å². The molecule has 0 saturated carbocycles. The molecule has 3 N–H and O–H groups in total. The second kappa shape index (κ2) is 4.72. The number of rotatable bonds is 3. The van der Waals surface area contributed by atoms with Crippen LogP contribution in [0.2, 0.25) is 5.02 Å². The Hall–Kier alpha value is -1.42. The van der Waals surface area contributed by atoms with Crippen LogP contribution in [0, 0.1) is 0 Å². The Balaban J connectivity index is 2.66. The van der Waals surface area contributed by atoms with Crippen LogP contribution in [0.1, 0.15) is 0 Å². The molecule has 5 heteroatoms. The predicted molar refractivity (Wildman–Crippen MR) is 55.4 cm³/mol. The van der Waals surface area contributed by atoms with Crippen molar-refractivity contribution in [3.05, 3.63) is 23.2 Å². The maximum atomic E-state index is 10.9. The lowest BCUT2D eigenvalue weighted by Crippen LogP contribution is -2.25. The fourth-order valence-corrected chi connectivity index (χ4v) is 1.01. The van der Waals surface area contributed by atoms with Crippen molar-refractivity contribution in [2.75, 3.05) is 19.4 Å². The molecule has 0 heterocycles. The third-order valence-electron chi connectivity index (χ3n) is 1.61. The standard InChI is InChI=1S/C9H11ClN2O2/c1-12-9(13)5-14-8-4-6(10)2-3-7(8)11/h2-4H,5,11H2,1H3,(H,12,13). The van der Waals surface area contributed by atoms with Gasteiger partial charge in [0.25, 0.3) is 5.91 Å². The molecular weight excluding hydrogens is 204 g/mol. The van der Waals surface area contributed by atoms with E-state index in [1.807, 2.05) is 0 Å². The molecule has 0 atom stereocenters. The number of carbonyl (C=O) groups excluding carboxylic acids is 1. The van der Waals surface area contributed by atoms with Crippen molar-refractivity contribution in [1.29, 1.82) is 0 Å². The van der Waals surface area contributed by atoms with E-state index in [0.29, 0.717) is 16.5 Å². The number of likely N-dealkylation sites (N-methyl/N-ethyl adjacent to an activating group) is 1. The molecule has 0 saturated heterocycles. The summed E-state index contributed by atoms with van der Waals surface area (Å²) in [6.45, 7) is -0.0684. The largest absolute Gasteiger partial charge is 0.482 e. The van der Waals surface area contributed by atoms with E-state index >= 15 is 0 Å². The van der Waals surface area contributed by atoms with Gasteiger partial charge in [-0.2, -0.15) is 0 Å². The third kappa shape index (κ3) is 2.81. The monoisotopic (exact) mass is 214 g/mol. The fourth-order valence-electron chi connectivity index (χ4n) is 0.849. The first-order valence-electron chi connectivity index (χ1n) is 4.02. The van der Waals surface area contributed by atoms with Crippen molar-refractivity contribution in [3.8, 4) is 5.75 Å². The number of carbonyl (C=O) groups is 1. The third-order valence-corrected chi connectivity index (χ3v) is 1.85. The number of nitrogen functional groups attached to an aromatic ring is 1. The molecule has 1 amide bonds. The average Bonchev–Trinajstić information content (AvgIpc) is 2.19. The van der Waals surface area contributed by atoms with Gasteiger partial charge < -0.3 is 15.8 Å². The van der Waals surface area contributed by atoms with Gasteiger partial charge in [0, 0.05) is 18.1 Å². The molecule has 14 heavy (non-hydrogen) atoms. The maximum absolute atomic E-state index is 10.9. The highest BCUT2D eigenvalue weighted by Gasteiger charge is 2.03. The van der Waals surface area contributed by atoms with Gasteiger partial charge in [-0.3, -0.25) is 4.79 Å². The van der Waals surface area contributed by atoms with Crippen LogP contribution in [-0.4, -0.2) is 19.6 Å². The molecule has 0 aliphatic rings. The average molecular weight is 215 g/mol. The lowest BCUT2D eigenvalue weighted by atomic mass is 10.3. The summed E-state index contributed by atoms with van der Waals surface area (Å²) in [5.74, 6) is 0.200. The Bertz CT molecular complexity index is 342. The first-order valence-corrected chi connectivity index (χ1v) is 4.39. The van der Waals surface area contributed by atoms with E-state index < -0.39 is 0 Å². The van der Waals surface area contributed by atoms with Gasteiger partial charge in [-0.05, 0) is 12.1 Å². The first kappa shape index (κ1) is 10.7. The number of hydrogen-bond donors (Lipinski definition) is 2. The highest BCUT2D eigenvalue weighted by Crippen LogP contribution is 2.24. The van der Waals surface area contributed by atoms with Crippen molar-refractivity contribution < 1.29 is 9.53 Å². The molecule has 4 nitrogen and oxygen atoms in total. The minimum Gasteiger partial charge on any atom is -0.482 e. The van der Waals surface area contributed by atoms with Crippen molar-refractivity contribution >= 4 is 23.2 Å². The highest BCUT2D eigenvalue weighted by molar-refractivity contribution is 6.30. The normalized spacial score (nSPS) is 9.57. The number of nitrogens with two attached hydrogens (primary N) is 1. The number of amides is 1. The smallest absolute Gasteiger partial charge is 0.257 e. The van der Waals surface area contributed by atoms with Gasteiger partial charge in [-0.25, -0.2) is 0 Å². The van der Waals surface area contributed by atoms with E-state index in [1.165, 1.54) is 7.05 Å². The Morgan fingerprint density at radius 2 is 2.36 bits per heavy atom. The topological polar surface area (TPSA) is 64.3 Å². The number of benzene rings is 1. The zero-order valence-electron chi connectivity index (χ0n) is 7.71. The van der Waals surface area contributed by atoms with Crippen LogP contribution in [0.4, 0.5) is 5.69 Å². The summed E-state index contributed by atoms with van der Waals surface area (Å²) in [6.07, 6.45) is 0. The summed E-state index contributed by atoms with van der Waals surface area (Å²) >= 11 is 5.73. The number of halogens is 1. The molecule has 0 unspecified atom stereocenters. The number of hydrogen-bond acceptors (Lipinski definition) is 3. The van der Waals surface area contributed by atoms with Crippen LogP contribution < -0.4 is 15.8 Å². The zero-order chi connectivity index (χ0) is 10.6. The highest BCUT2D eigenvalue weighted by atomic mass is 35.5. The summed E-state index contributed by atoms with van der Waals surface area (Å²) in [4.78, 5) is 10.9. The SMILES string of the molecule is CNC(=O)COc1cc(Cl)ccc1N. The molecule has 1 aromatic rings. The van der Waals surface area contributed by atoms with Gasteiger partial charge >= 0.3 is 0 Å². The molecule has 0 spiro atoms. The summed E-state index contributed by atoms with van der Waals surface area (Å²) in [6, 6.07) is 4.85. The van der Waals surface area contributed by atoms with Crippen molar-refractivity contribution in [2.24, 2.45) is 0 Å². The van der Waals surface area contributed by atoms with Crippen LogP contribution in [0.25, 0.3) is 0 Å². The van der Waals surface area contributed by atoms with Crippen molar-refractivity contribution in [1.82, 2.24) is 5.32 Å². The molecule has 0 radical (unpaired) electrons. The summed E-state index contributed by atoms with van der Waals surface area (Å²) in [7, 11) is 1.53. The quantitative estimate of drug-likeness (QED) is 0.740. The van der Waals surface area contributed by atoms with Gasteiger partial charge in [0.1, 0.15) is 5.75 Å². The van der Waals surface area contributed by atoms with Gasteiger partial charge in [0.2, 0.25) is 0 Å². The second-order valence-corrected chi connectivity index (χ2v) is 3.08. The van der Waals surface area contributed by atoms with Crippen molar-refractivity contribution in [3.63, 3.8) is 0 Å². The van der Waals surface area contributed by atoms with Crippen LogP contribution in [0.3, 0.4) is 0 Å². The molecule has 0 aromatic heterocycles. The molecule has 76 valence electrons. The van der Waals surface area contributed by atoms with Gasteiger partial charge in [-0.15, -0.1) is 0 Å². The van der Waals surface area contributed by atoms with Crippen LogP contribution in [0.5, 0.6) is 5.75 Å². The minimum absolute atomic E-state index is 0.0684. The molecule has 1 rings (SSSR count). The molecular formula is C9H11ClN2O2. The summed E-state index contributed by atoms with van der Waals surface area (Å²) < 4.78 is 5.15. The van der Waals surface area contributed by atoms with Crippen LogP contribution in [0.15, 0.2) is 18.2 Å². The van der Waals surface area contributed by atoms with Gasteiger partial charge in [0.15, 0.2) is 6.61 Å². The molecule has 0 aliphatic heterocycles. The van der Waals surface area contributed by atoms with E-state index in [0.717, 1.165) is 0 Å². The van der Waals surface area contributed by atoms with Crippen molar-refractivity contribution in [2.45, 2.75) is 0 Å². The lowest BCUT2D eigenvalue weighted by molar-refractivity contribution is -0.122. The Labute approximate surface area is 87.0 Å². The number of nitrogens with one attached hydrogen (secondary N) is 1. The van der Waals surface area contributed by atoms with E-state index in [-0.39, 0.29) is 12.5 Å². The Morgan fingerprint density at radius 1 is 1.64 bits per heavy atom. The van der Waals surface area contributed by atoms with E-state index in [4.69, 9.17) is 22.1 Å². The van der Waals surface area contributed by atoms with Crippen LogP contribution >= 0.6 is 11.6 Å². The summed E-state index contributed by atoms with van der Waals surface area (Å²) in [5.41, 5.74) is 6.06. The Kier molecular flexibility index (Phi) is 3.59. The van der Waals surface area contributed by atoms with Gasteiger partial charge in [-0.1, -0.05) is 11.6 Å². The van der Waals surface area contributed by atoms with E-state index in [2.05, 4.69) is 5.32 Å². The Morgan fingerprint density at radius 3 is 3.00 bits per heavy atom. The maximum Gasteiger partial charge on any atom is 0.257 e. The van der Waals surface area contributed by atoms with E-state index in [1.54, 1.807) is 18.2 Å². The number of anilines is 1.